The van der Waals surface area contributed by atoms with E-state index in [1.54, 1.807) is 7.11 Å². The van der Waals surface area contributed by atoms with Crippen molar-refractivity contribution in [1.82, 2.24) is 5.32 Å². The average Bonchev–Trinajstić information content (AvgIpc) is 2.88. The highest BCUT2D eigenvalue weighted by Gasteiger charge is 2.23. The summed E-state index contributed by atoms with van der Waals surface area (Å²) in [5.74, 6) is 0.977. The minimum atomic E-state index is 0.292. The van der Waals surface area contributed by atoms with Gasteiger partial charge in [-0.3, -0.25) is 0 Å². The summed E-state index contributed by atoms with van der Waals surface area (Å²) < 4.78 is 5.53. The maximum Gasteiger partial charge on any atom is 0.123 e. The fourth-order valence-electron chi connectivity index (χ4n) is 3.30. The summed E-state index contributed by atoms with van der Waals surface area (Å²) in [5, 5.41) is 3.76. The van der Waals surface area contributed by atoms with Gasteiger partial charge in [0.25, 0.3) is 0 Å². The zero-order chi connectivity index (χ0) is 14.8. The average molecular weight is 281 g/mol. The molecule has 0 radical (unpaired) electrons. The molecule has 0 aliphatic heterocycles. The minimum absolute atomic E-state index is 0.292. The Balaban J connectivity index is 1.72. The first-order valence-electron chi connectivity index (χ1n) is 7.64. The van der Waals surface area contributed by atoms with Crippen LogP contribution < -0.4 is 10.1 Å². The molecule has 2 heteroatoms. The van der Waals surface area contributed by atoms with E-state index in [0.29, 0.717) is 12.1 Å². The van der Waals surface area contributed by atoms with Crippen LogP contribution in [0.1, 0.15) is 35.2 Å². The Morgan fingerprint density at radius 2 is 1.76 bits per heavy atom. The molecule has 2 nitrogen and oxygen atoms in total. The molecule has 0 fully saturated rings. The summed E-state index contributed by atoms with van der Waals surface area (Å²) in [6.45, 7) is 4.31. The van der Waals surface area contributed by atoms with E-state index in [-0.39, 0.29) is 0 Å². The largest absolute Gasteiger partial charge is 0.496 e. The van der Waals surface area contributed by atoms with Gasteiger partial charge in [0.15, 0.2) is 0 Å². The second kappa shape index (κ2) is 5.90. The van der Waals surface area contributed by atoms with Crippen molar-refractivity contribution in [1.29, 1.82) is 0 Å². The summed E-state index contributed by atoms with van der Waals surface area (Å²) >= 11 is 0. The van der Waals surface area contributed by atoms with Crippen molar-refractivity contribution in [3.8, 4) is 5.75 Å². The van der Waals surface area contributed by atoms with Gasteiger partial charge in [0.2, 0.25) is 0 Å². The Morgan fingerprint density at radius 3 is 2.38 bits per heavy atom. The van der Waals surface area contributed by atoms with Crippen LogP contribution in [0.5, 0.6) is 5.75 Å². The van der Waals surface area contributed by atoms with Crippen LogP contribution in [0.2, 0.25) is 0 Å². The molecule has 1 N–H and O–H groups in total. The van der Waals surface area contributed by atoms with Crippen molar-refractivity contribution >= 4 is 0 Å². The Bertz CT molecular complexity index is 610. The zero-order valence-electron chi connectivity index (χ0n) is 13.0. The van der Waals surface area contributed by atoms with Crippen LogP contribution in [0.3, 0.4) is 0 Å². The molecule has 0 bridgehead atoms. The predicted molar refractivity (Wildman–Crippen MR) is 86.9 cm³/mol. The third kappa shape index (κ3) is 2.96. The van der Waals surface area contributed by atoms with Crippen LogP contribution in [0.25, 0.3) is 0 Å². The van der Waals surface area contributed by atoms with Crippen LogP contribution in [0.15, 0.2) is 42.5 Å². The lowest BCUT2D eigenvalue weighted by Gasteiger charge is -2.21. The third-order valence-electron chi connectivity index (χ3n) is 4.39. The number of benzene rings is 2. The molecule has 3 rings (SSSR count). The first-order chi connectivity index (χ1) is 10.2. The van der Waals surface area contributed by atoms with Crippen LogP contribution in [0, 0.1) is 6.92 Å². The lowest BCUT2D eigenvalue weighted by molar-refractivity contribution is 0.393. The maximum absolute atomic E-state index is 5.53. The molecule has 1 atom stereocenters. The maximum atomic E-state index is 5.53. The SMILES string of the molecule is COc1cc(C)ccc1C(C)NC1Cc2ccccc2C1. The standard InChI is InChI=1S/C19H23NO/c1-13-8-9-18(19(10-13)21-3)14(2)20-17-11-15-6-4-5-7-16(15)12-17/h4-10,14,17,20H,11-12H2,1-3H3. The monoisotopic (exact) mass is 281 g/mol. The van der Waals surface area contributed by atoms with E-state index in [1.807, 2.05) is 0 Å². The van der Waals surface area contributed by atoms with Gasteiger partial charge in [-0.05, 0) is 49.4 Å². The van der Waals surface area contributed by atoms with E-state index < -0.39 is 0 Å². The van der Waals surface area contributed by atoms with E-state index in [0.717, 1.165) is 18.6 Å². The number of hydrogen-bond donors (Lipinski definition) is 1. The summed E-state index contributed by atoms with van der Waals surface area (Å²) in [6, 6.07) is 16.0. The molecule has 0 aromatic heterocycles. The van der Waals surface area contributed by atoms with E-state index in [1.165, 1.54) is 22.3 Å². The smallest absolute Gasteiger partial charge is 0.123 e. The highest BCUT2D eigenvalue weighted by Crippen LogP contribution is 2.29. The van der Waals surface area contributed by atoms with Crippen molar-refractivity contribution in [3.05, 3.63) is 64.7 Å². The van der Waals surface area contributed by atoms with Gasteiger partial charge in [-0.25, -0.2) is 0 Å². The van der Waals surface area contributed by atoms with Crippen LogP contribution in [-0.2, 0) is 12.8 Å². The molecular formula is C19H23NO. The lowest BCUT2D eigenvalue weighted by atomic mass is 10.0. The number of rotatable bonds is 4. The second-order valence-corrected chi connectivity index (χ2v) is 6.01. The second-order valence-electron chi connectivity index (χ2n) is 6.01. The molecule has 0 amide bonds. The minimum Gasteiger partial charge on any atom is -0.496 e. The highest BCUT2D eigenvalue weighted by atomic mass is 16.5. The summed E-state index contributed by atoms with van der Waals surface area (Å²) in [5.41, 5.74) is 5.44. The summed E-state index contributed by atoms with van der Waals surface area (Å²) in [7, 11) is 1.75. The van der Waals surface area contributed by atoms with E-state index in [9.17, 15) is 0 Å². The normalized spacial score (nSPS) is 15.8. The van der Waals surface area contributed by atoms with Crippen molar-refractivity contribution in [2.75, 3.05) is 7.11 Å². The molecule has 2 aromatic carbocycles. The molecule has 21 heavy (non-hydrogen) atoms. The molecule has 0 spiro atoms. The van der Waals surface area contributed by atoms with Crippen molar-refractivity contribution in [2.24, 2.45) is 0 Å². The number of aryl methyl sites for hydroxylation is 1. The molecule has 0 saturated carbocycles. The number of nitrogens with one attached hydrogen (secondary N) is 1. The first-order valence-corrected chi connectivity index (χ1v) is 7.64. The van der Waals surface area contributed by atoms with Gasteiger partial charge in [0.05, 0.1) is 7.11 Å². The number of hydrogen-bond acceptors (Lipinski definition) is 2. The molecule has 2 aromatic rings. The molecule has 110 valence electrons. The lowest BCUT2D eigenvalue weighted by Crippen LogP contribution is -2.32. The summed E-state index contributed by atoms with van der Waals surface area (Å²) in [4.78, 5) is 0. The summed E-state index contributed by atoms with van der Waals surface area (Å²) in [6.07, 6.45) is 2.24. The van der Waals surface area contributed by atoms with Gasteiger partial charge >= 0.3 is 0 Å². The third-order valence-corrected chi connectivity index (χ3v) is 4.39. The topological polar surface area (TPSA) is 21.3 Å². The Labute approximate surface area is 127 Å². The van der Waals surface area contributed by atoms with Gasteiger partial charge < -0.3 is 10.1 Å². The number of fused-ring (bicyclic) bond motifs is 1. The van der Waals surface area contributed by atoms with Gasteiger partial charge in [0, 0.05) is 17.6 Å². The molecule has 1 aliphatic rings. The van der Waals surface area contributed by atoms with Crippen molar-refractivity contribution in [2.45, 2.75) is 38.8 Å². The van der Waals surface area contributed by atoms with Gasteiger partial charge in [-0.1, -0.05) is 36.4 Å². The molecule has 0 heterocycles. The Kier molecular flexibility index (Phi) is 3.98. The van der Waals surface area contributed by atoms with Crippen LogP contribution >= 0.6 is 0 Å². The predicted octanol–water partition coefficient (Wildman–Crippen LogP) is 3.82. The van der Waals surface area contributed by atoms with Gasteiger partial charge in [-0.15, -0.1) is 0 Å². The van der Waals surface area contributed by atoms with Crippen LogP contribution in [0.4, 0.5) is 0 Å². The molecular weight excluding hydrogens is 258 g/mol. The number of methoxy groups -OCH3 is 1. The number of ether oxygens (including phenoxy) is 1. The first kappa shape index (κ1) is 14.2. The van der Waals surface area contributed by atoms with Crippen molar-refractivity contribution in [3.63, 3.8) is 0 Å². The van der Waals surface area contributed by atoms with E-state index >= 15 is 0 Å². The van der Waals surface area contributed by atoms with Crippen molar-refractivity contribution < 1.29 is 4.74 Å². The van der Waals surface area contributed by atoms with E-state index in [2.05, 4.69) is 61.6 Å². The van der Waals surface area contributed by atoms with Crippen LogP contribution in [-0.4, -0.2) is 13.2 Å². The quantitative estimate of drug-likeness (QED) is 0.920. The highest BCUT2D eigenvalue weighted by molar-refractivity contribution is 5.39. The zero-order valence-corrected chi connectivity index (χ0v) is 13.0. The fraction of sp³-hybridized carbons (Fsp3) is 0.368. The fourth-order valence-corrected chi connectivity index (χ4v) is 3.30. The van der Waals surface area contributed by atoms with Gasteiger partial charge in [-0.2, -0.15) is 0 Å². The molecule has 0 saturated heterocycles. The molecule has 1 aliphatic carbocycles. The van der Waals surface area contributed by atoms with E-state index in [4.69, 9.17) is 4.74 Å². The Morgan fingerprint density at radius 1 is 1.10 bits per heavy atom. The molecule has 1 unspecified atom stereocenters. The van der Waals surface area contributed by atoms with Gasteiger partial charge in [0.1, 0.15) is 5.75 Å². The Hall–Kier alpha value is -1.80.